The van der Waals surface area contributed by atoms with E-state index in [-0.39, 0.29) is 40.5 Å². The molecule has 16 heteroatoms. The molecule has 1 atom stereocenters. The van der Waals surface area contributed by atoms with Crippen molar-refractivity contribution in [1.29, 1.82) is 0 Å². The number of amides is 2. The predicted molar refractivity (Wildman–Crippen MR) is 172 cm³/mol. The average molecular weight is 707 g/mol. The van der Waals surface area contributed by atoms with E-state index in [0.29, 0.717) is 22.3 Å². The first-order valence-corrected chi connectivity index (χ1v) is 15.1. The number of carbonyl (C=O) groups is 3. The summed E-state index contributed by atoms with van der Waals surface area (Å²) < 4.78 is 58.6. The minimum absolute atomic E-state index is 0.00135. The lowest BCUT2D eigenvalue weighted by Gasteiger charge is -2.37. The third kappa shape index (κ3) is 7.17. The van der Waals surface area contributed by atoms with Crippen LogP contribution in [0, 0.1) is 5.82 Å². The quantitative estimate of drug-likeness (QED) is 0.138. The number of fused-ring (bicyclic) bond motifs is 1. The van der Waals surface area contributed by atoms with Crippen LogP contribution >= 0.6 is 11.6 Å². The number of rotatable bonds is 8. The fourth-order valence-electron chi connectivity index (χ4n) is 5.64. The summed E-state index contributed by atoms with van der Waals surface area (Å²) in [5, 5.41) is 22.7. The maximum absolute atomic E-state index is 15.2. The van der Waals surface area contributed by atoms with Crippen molar-refractivity contribution in [3.8, 4) is 22.6 Å². The van der Waals surface area contributed by atoms with Gasteiger partial charge in [0.2, 0.25) is 5.91 Å². The van der Waals surface area contributed by atoms with Gasteiger partial charge in [0.15, 0.2) is 5.82 Å². The molecule has 1 aliphatic heterocycles. The first-order chi connectivity index (χ1) is 23.9. The Hall–Kier alpha value is -6.09. The normalized spacial score (nSPS) is 14.3. The number of anilines is 1. The van der Waals surface area contributed by atoms with Gasteiger partial charge in [-0.1, -0.05) is 41.9 Å². The van der Waals surface area contributed by atoms with Gasteiger partial charge in [-0.3, -0.25) is 9.59 Å². The number of aromatic nitrogens is 4. The molecule has 0 saturated heterocycles. The molecule has 0 fully saturated rings. The minimum atomic E-state index is -4.86. The molecule has 50 heavy (non-hydrogen) atoms. The number of nitrogens with zero attached hydrogens (tertiary/aromatic N) is 5. The van der Waals surface area contributed by atoms with E-state index in [9.17, 15) is 32.7 Å². The van der Waals surface area contributed by atoms with E-state index in [2.05, 4.69) is 25.6 Å². The van der Waals surface area contributed by atoms with Crippen LogP contribution in [-0.2, 0) is 16.0 Å². The molecule has 1 aromatic heterocycles. The van der Waals surface area contributed by atoms with Gasteiger partial charge in [0.25, 0.3) is 5.91 Å². The van der Waals surface area contributed by atoms with Crippen molar-refractivity contribution in [3.05, 3.63) is 124 Å². The second-order valence-electron chi connectivity index (χ2n) is 10.9. The highest BCUT2D eigenvalue weighted by Crippen LogP contribution is 2.38. The molecule has 0 saturated carbocycles. The number of tetrazole rings is 1. The molecule has 2 N–H and O–H groups in total. The fraction of sp³-hybridized carbons (Fsp3) is 0.118. The Labute approximate surface area is 285 Å². The average Bonchev–Trinajstić information content (AvgIpc) is 3.63. The van der Waals surface area contributed by atoms with Gasteiger partial charge < -0.3 is 20.1 Å². The Balaban J connectivity index is 1.37. The van der Waals surface area contributed by atoms with Crippen molar-refractivity contribution in [1.82, 2.24) is 25.1 Å². The van der Waals surface area contributed by atoms with Gasteiger partial charge in [-0.05, 0) is 93.7 Å². The number of benzene rings is 4. The summed E-state index contributed by atoms with van der Waals surface area (Å²) >= 11 is 6.03. The monoisotopic (exact) mass is 706 g/mol. The van der Waals surface area contributed by atoms with Gasteiger partial charge >= 0.3 is 12.3 Å². The third-order valence-electron chi connectivity index (χ3n) is 7.85. The first kappa shape index (κ1) is 33.8. The topological polar surface area (TPSA) is 140 Å². The highest BCUT2D eigenvalue weighted by atomic mass is 35.5. The molecule has 6 rings (SSSR count). The number of carboxylic acids is 1. The number of aromatic carboxylic acids is 1. The summed E-state index contributed by atoms with van der Waals surface area (Å²) in [5.41, 5.74) is 2.65. The van der Waals surface area contributed by atoms with E-state index in [1.807, 2.05) is 0 Å². The van der Waals surface area contributed by atoms with Crippen LogP contribution in [0.3, 0.4) is 0 Å². The van der Waals surface area contributed by atoms with Gasteiger partial charge in [0.05, 0.1) is 16.3 Å². The molecule has 4 aromatic carbocycles. The predicted octanol–water partition coefficient (Wildman–Crippen LogP) is 6.50. The lowest BCUT2D eigenvalue weighted by molar-refractivity contribution is -0.274. The Bertz CT molecular complexity index is 2110. The van der Waals surface area contributed by atoms with Gasteiger partial charge in [0.1, 0.15) is 18.1 Å². The second-order valence-corrected chi connectivity index (χ2v) is 11.3. The molecule has 1 unspecified atom stereocenters. The molecule has 0 spiro atoms. The van der Waals surface area contributed by atoms with E-state index in [1.54, 1.807) is 18.2 Å². The molecular weight excluding hydrogens is 684 g/mol. The molecular formula is C34H23ClF4N6O5. The zero-order chi connectivity index (χ0) is 35.6. The summed E-state index contributed by atoms with van der Waals surface area (Å²) in [6.07, 6.45) is -1.07. The SMILES string of the molecule is O=C(O)c1ccc(NC(=O)C2c3cccc(-c4ccc(OC(F)(F)F)cc4)c3CCN2C(=O)/C=C/c2c(-n3cnnn3)ccc(Cl)c2F)cc1. The van der Waals surface area contributed by atoms with Crippen LogP contribution in [0.2, 0.25) is 5.02 Å². The van der Waals surface area contributed by atoms with Crippen LogP contribution < -0.4 is 10.1 Å². The lowest BCUT2D eigenvalue weighted by atomic mass is 9.86. The molecule has 2 heterocycles. The maximum atomic E-state index is 15.2. The Morgan fingerprint density at radius 2 is 1.74 bits per heavy atom. The van der Waals surface area contributed by atoms with Crippen LogP contribution in [-0.4, -0.2) is 60.9 Å². The van der Waals surface area contributed by atoms with E-state index in [0.717, 1.165) is 6.08 Å². The second kappa shape index (κ2) is 13.8. The van der Waals surface area contributed by atoms with Crippen LogP contribution in [0.4, 0.5) is 23.2 Å². The fourth-order valence-corrected chi connectivity index (χ4v) is 5.80. The van der Waals surface area contributed by atoms with Crippen LogP contribution in [0.1, 0.15) is 33.1 Å². The van der Waals surface area contributed by atoms with Crippen molar-refractivity contribution in [2.75, 3.05) is 11.9 Å². The minimum Gasteiger partial charge on any atom is -0.478 e. The smallest absolute Gasteiger partial charge is 0.478 e. The van der Waals surface area contributed by atoms with Crippen LogP contribution in [0.15, 0.2) is 91.3 Å². The standard InChI is InChI=1S/C34H23ClF4N6O5/c35-27-13-14-28(45-18-40-42-43-45)26(30(27)36)12-15-29(46)44-17-16-24-23(19-6-10-22(11-7-19)50-34(37,38)39)2-1-3-25(24)31(44)32(47)41-21-8-4-20(5-9-21)33(48)49/h1-15,18,31H,16-17H2,(H,41,47)(H,48,49)/b15-12+. The van der Waals surface area contributed by atoms with Crippen molar-refractivity contribution in [2.24, 2.45) is 0 Å². The molecule has 254 valence electrons. The highest BCUT2D eigenvalue weighted by Gasteiger charge is 2.37. The zero-order valence-electron chi connectivity index (χ0n) is 25.4. The van der Waals surface area contributed by atoms with Crippen LogP contribution in [0.5, 0.6) is 5.75 Å². The zero-order valence-corrected chi connectivity index (χ0v) is 26.2. The van der Waals surface area contributed by atoms with Crippen molar-refractivity contribution < 1.29 is 41.8 Å². The number of carbonyl (C=O) groups excluding carboxylic acids is 2. The first-order valence-electron chi connectivity index (χ1n) is 14.7. The summed E-state index contributed by atoms with van der Waals surface area (Å²) in [5.74, 6) is -3.68. The molecule has 11 nitrogen and oxygen atoms in total. The molecule has 2 amide bonds. The van der Waals surface area contributed by atoms with E-state index in [4.69, 9.17) is 11.6 Å². The van der Waals surface area contributed by atoms with Crippen molar-refractivity contribution in [2.45, 2.75) is 18.8 Å². The number of ether oxygens (including phenoxy) is 1. The number of carboxylic acid groups (broad SMARTS) is 1. The lowest BCUT2D eigenvalue weighted by Crippen LogP contribution is -2.45. The summed E-state index contributed by atoms with van der Waals surface area (Å²) in [6, 6.07) is 17.3. The Kier molecular flexibility index (Phi) is 9.33. The maximum Gasteiger partial charge on any atom is 0.573 e. The van der Waals surface area contributed by atoms with Crippen LogP contribution in [0.25, 0.3) is 22.9 Å². The number of halogens is 5. The molecule has 1 aliphatic rings. The van der Waals surface area contributed by atoms with Gasteiger partial charge in [-0.25, -0.2) is 9.18 Å². The van der Waals surface area contributed by atoms with Crippen molar-refractivity contribution in [3.63, 3.8) is 0 Å². The van der Waals surface area contributed by atoms with Crippen molar-refractivity contribution >= 4 is 41.1 Å². The summed E-state index contributed by atoms with van der Waals surface area (Å²) in [6.45, 7) is 0.0242. The number of nitrogens with one attached hydrogen (secondary N) is 1. The summed E-state index contributed by atoms with van der Waals surface area (Å²) in [7, 11) is 0. The number of hydrogen-bond donors (Lipinski definition) is 2. The third-order valence-corrected chi connectivity index (χ3v) is 8.14. The summed E-state index contributed by atoms with van der Waals surface area (Å²) in [4.78, 5) is 40.5. The molecule has 0 aliphatic carbocycles. The van der Waals surface area contributed by atoms with Gasteiger partial charge in [-0.2, -0.15) is 4.68 Å². The van der Waals surface area contributed by atoms with E-state index < -0.39 is 41.8 Å². The largest absolute Gasteiger partial charge is 0.573 e. The number of hydrogen-bond acceptors (Lipinski definition) is 7. The Morgan fingerprint density at radius 1 is 1.00 bits per heavy atom. The molecule has 5 aromatic rings. The van der Waals surface area contributed by atoms with Gasteiger partial charge in [-0.15, -0.1) is 18.3 Å². The number of alkyl halides is 3. The molecule has 0 radical (unpaired) electrons. The van der Waals surface area contributed by atoms with E-state index >= 15 is 4.39 Å². The highest BCUT2D eigenvalue weighted by molar-refractivity contribution is 6.31. The molecule has 0 bridgehead atoms. The van der Waals surface area contributed by atoms with E-state index in [1.165, 1.54) is 82.6 Å². The Morgan fingerprint density at radius 3 is 2.40 bits per heavy atom. The van der Waals surface area contributed by atoms with Gasteiger partial charge in [0, 0.05) is 23.9 Å².